The Labute approximate surface area is 154 Å². The van der Waals surface area contributed by atoms with Crippen LogP contribution < -0.4 is 10.9 Å². The summed E-state index contributed by atoms with van der Waals surface area (Å²) < 4.78 is 0. The molecule has 9 heteroatoms. The highest BCUT2D eigenvalue weighted by Gasteiger charge is 2.07. The number of nitrogens with one attached hydrogen (secondary N) is 2. The first kappa shape index (κ1) is 21.4. The number of carbonyl (C=O) groups excluding carboxylic acids is 2. The first-order chi connectivity index (χ1) is 12.2. The number of pyridine rings is 1. The van der Waals surface area contributed by atoms with Crippen LogP contribution >= 0.6 is 0 Å². The van der Waals surface area contributed by atoms with Crippen LogP contribution in [0, 0.1) is 0 Å². The van der Waals surface area contributed by atoms with Gasteiger partial charge in [-0.05, 0) is 54.2 Å². The van der Waals surface area contributed by atoms with E-state index in [0.717, 1.165) is 0 Å². The Hall–Kier alpha value is -2.65. The van der Waals surface area contributed by atoms with Crippen LogP contribution in [0.25, 0.3) is 0 Å². The minimum atomic E-state index is -0.202. The number of nitrogens with zero attached hydrogens (tertiary/aromatic N) is 5. The highest BCUT2D eigenvalue weighted by Crippen LogP contribution is 2.03. The first-order valence-electron chi connectivity index (χ1n) is 8.12. The summed E-state index contributed by atoms with van der Waals surface area (Å²) in [5.41, 5.74) is 7.36. The molecular formula is C17H27N7O2. The molecule has 0 unspecified atom stereocenters. The standard InChI is InChI=1S/C17H27N7O2/c1-12(19-21-16(25)10-23(3)4)14-8-7-9-15(18-14)13(2)20-22-17(26)11-24(5)6/h7-9H,10-11H2,1-6H3,(H,21,25)(H,22,26). The van der Waals surface area contributed by atoms with Gasteiger partial charge in [0.1, 0.15) is 0 Å². The van der Waals surface area contributed by atoms with E-state index >= 15 is 0 Å². The molecule has 0 aliphatic rings. The minimum Gasteiger partial charge on any atom is -0.301 e. The van der Waals surface area contributed by atoms with Gasteiger partial charge in [-0.15, -0.1) is 0 Å². The SMILES string of the molecule is CC(=NNC(=O)CN(C)C)c1cccc(C(C)=NNC(=O)CN(C)C)n1. The number of hydrogen-bond acceptors (Lipinski definition) is 7. The van der Waals surface area contributed by atoms with E-state index in [1.54, 1.807) is 64.0 Å². The fourth-order valence-electron chi connectivity index (χ4n) is 1.89. The van der Waals surface area contributed by atoms with Crippen LogP contribution in [0.4, 0.5) is 0 Å². The summed E-state index contributed by atoms with van der Waals surface area (Å²) in [6.45, 7) is 4.02. The van der Waals surface area contributed by atoms with Crippen molar-refractivity contribution in [3.8, 4) is 0 Å². The molecule has 1 rings (SSSR count). The molecule has 2 amide bonds. The molecule has 0 aliphatic carbocycles. The van der Waals surface area contributed by atoms with E-state index in [1.165, 1.54) is 0 Å². The van der Waals surface area contributed by atoms with Gasteiger partial charge in [-0.3, -0.25) is 9.59 Å². The lowest BCUT2D eigenvalue weighted by Gasteiger charge is -2.09. The lowest BCUT2D eigenvalue weighted by molar-refractivity contribution is -0.122. The monoisotopic (exact) mass is 361 g/mol. The van der Waals surface area contributed by atoms with E-state index in [-0.39, 0.29) is 24.9 Å². The third-order valence-corrected chi connectivity index (χ3v) is 3.11. The molecule has 1 heterocycles. The van der Waals surface area contributed by atoms with E-state index in [0.29, 0.717) is 22.8 Å². The second-order valence-electron chi connectivity index (χ2n) is 6.35. The zero-order chi connectivity index (χ0) is 19.7. The fourth-order valence-corrected chi connectivity index (χ4v) is 1.89. The molecule has 0 saturated heterocycles. The Morgan fingerprint density at radius 2 is 1.27 bits per heavy atom. The fraction of sp³-hybridized carbons (Fsp3) is 0.471. The largest absolute Gasteiger partial charge is 0.301 e. The van der Waals surface area contributed by atoms with E-state index in [4.69, 9.17) is 0 Å². The Bertz CT molecular complexity index is 641. The van der Waals surface area contributed by atoms with Crippen molar-refractivity contribution in [1.82, 2.24) is 25.6 Å². The number of amides is 2. The van der Waals surface area contributed by atoms with Gasteiger partial charge in [0.2, 0.25) is 0 Å². The molecule has 0 fully saturated rings. The topological polar surface area (TPSA) is 102 Å². The average Bonchev–Trinajstić information content (AvgIpc) is 2.56. The molecule has 0 spiro atoms. The molecule has 0 bridgehead atoms. The van der Waals surface area contributed by atoms with Gasteiger partial charge >= 0.3 is 0 Å². The summed E-state index contributed by atoms with van der Waals surface area (Å²) in [5.74, 6) is -0.404. The van der Waals surface area contributed by atoms with Crippen molar-refractivity contribution in [3.05, 3.63) is 29.6 Å². The number of carbonyl (C=O) groups is 2. The van der Waals surface area contributed by atoms with Crippen molar-refractivity contribution in [2.45, 2.75) is 13.8 Å². The number of likely N-dealkylation sites (N-methyl/N-ethyl adjacent to an activating group) is 2. The highest BCUT2D eigenvalue weighted by atomic mass is 16.2. The van der Waals surface area contributed by atoms with Crippen LogP contribution in [0.15, 0.2) is 28.4 Å². The molecule has 0 radical (unpaired) electrons. The number of rotatable bonds is 8. The average molecular weight is 361 g/mol. The van der Waals surface area contributed by atoms with Gasteiger partial charge in [0.05, 0.1) is 35.9 Å². The van der Waals surface area contributed by atoms with Gasteiger partial charge in [0, 0.05) is 0 Å². The van der Waals surface area contributed by atoms with Crippen LogP contribution in [-0.4, -0.2) is 79.3 Å². The summed E-state index contributed by atoms with van der Waals surface area (Å²) in [6, 6.07) is 5.40. The maximum Gasteiger partial charge on any atom is 0.254 e. The second-order valence-corrected chi connectivity index (χ2v) is 6.35. The molecule has 1 aromatic heterocycles. The lowest BCUT2D eigenvalue weighted by atomic mass is 10.2. The van der Waals surface area contributed by atoms with Crippen molar-refractivity contribution < 1.29 is 9.59 Å². The first-order valence-corrected chi connectivity index (χ1v) is 8.12. The quantitative estimate of drug-likeness (QED) is 0.497. The molecule has 0 aromatic carbocycles. The third-order valence-electron chi connectivity index (χ3n) is 3.11. The van der Waals surface area contributed by atoms with Gasteiger partial charge in [-0.25, -0.2) is 15.8 Å². The normalized spacial score (nSPS) is 12.5. The Balaban J connectivity index is 2.80. The predicted molar refractivity (Wildman–Crippen MR) is 102 cm³/mol. The van der Waals surface area contributed by atoms with Crippen molar-refractivity contribution in [3.63, 3.8) is 0 Å². The molecule has 2 N–H and O–H groups in total. The third kappa shape index (κ3) is 7.95. The predicted octanol–water partition coefficient (Wildman–Crippen LogP) is -0.115. The van der Waals surface area contributed by atoms with E-state index in [9.17, 15) is 9.59 Å². The van der Waals surface area contributed by atoms with Gasteiger partial charge in [-0.2, -0.15) is 10.2 Å². The molecular weight excluding hydrogens is 334 g/mol. The smallest absolute Gasteiger partial charge is 0.254 e. The summed E-state index contributed by atoms with van der Waals surface area (Å²) in [4.78, 5) is 31.3. The zero-order valence-electron chi connectivity index (χ0n) is 16.2. The van der Waals surface area contributed by atoms with Crippen molar-refractivity contribution in [2.75, 3.05) is 41.3 Å². The maximum atomic E-state index is 11.6. The van der Waals surface area contributed by atoms with Crippen LogP contribution in [0.2, 0.25) is 0 Å². The minimum absolute atomic E-state index is 0.202. The van der Waals surface area contributed by atoms with E-state index in [2.05, 4.69) is 26.0 Å². The summed E-state index contributed by atoms with van der Waals surface area (Å²) in [5, 5.41) is 8.14. The van der Waals surface area contributed by atoms with E-state index < -0.39 is 0 Å². The summed E-state index contributed by atoms with van der Waals surface area (Å²) >= 11 is 0. The molecule has 9 nitrogen and oxygen atoms in total. The zero-order valence-corrected chi connectivity index (χ0v) is 16.2. The van der Waals surface area contributed by atoms with Gasteiger partial charge in [0.25, 0.3) is 11.8 Å². The van der Waals surface area contributed by atoms with E-state index in [1.807, 2.05) is 6.07 Å². The lowest BCUT2D eigenvalue weighted by Crippen LogP contribution is -2.31. The Kier molecular flexibility index (Phi) is 8.53. The van der Waals surface area contributed by atoms with Gasteiger partial charge < -0.3 is 9.80 Å². The van der Waals surface area contributed by atoms with Crippen molar-refractivity contribution in [1.29, 1.82) is 0 Å². The maximum absolute atomic E-state index is 11.6. The molecule has 0 saturated carbocycles. The Morgan fingerprint density at radius 3 is 1.62 bits per heavy atom. The van der Waals surface area contributed by atoms with Crippen LogP contribution in [-0.2, 0) is 9.59 Å². The molecule has 0 atom stereocenters. The summed E-state index contributed by atoms with van der Waals surface area (Å²) in [6.07, 6.45) is 0. The van der Waals surface area contributed by atoms with Crippen molar-refractivity contribution in [2.24, 2.45) is 10.2 Å². The Morgan fingerprint density at radius 1 is 0.885 bits per heavy atom. The number of hydrogen-bond donors (Lipinski definition) is 2. The number of hydrazone groups is 2. The molecule has 1 aromatic rings. The van der Waals surface area contributed by atoms with Gasteiger partial charge in [-0.1, -0.05) is 6.07 Å². The van der Waals surface area contributed by atoms with Crippen LogP contribution in [0.1, 0.15) is 25.2 Å². The molecule has 0 aliphatic heterocycles. The van der Waals surface area contributed by atoms with Crippen LogP contribution in [0.5, 0.6) is 0 Å². The summed E-state index contributed by atoms with van der Waals surface area (Å²) in [7, 11) is 7.22. The van der Waals surface area contributed by atoms with Crippen molar-refractivity contribution >= 4 is 23.2 Å². The number of aromatic nitrogens is 1. The molecule has 26 heavy (non-hydrogen) atoms. The van der Waals surface area contributed by atoms with Crippen LogP contribution in [0.3, 0.4) is 0 Å². The highest BCUT2D eigenvalue weighted by molar-refractivity contribution is 6.01. The van der Waals surface area contributed by atoms with Gasteiger partial charge in [0.15, 0.2) is 0 Å². The second kappa shape index (κ2) is 10.4. The molecule has 142 valence electrons.